The first-order chi connectivity index (χ1) is 13.0. The van der Waals surface area contributed by atoms with Crippen molar-refractivity contribution < 1.29 is 9.53 Å². The number of morpholine rings is 1. The van der Waals surface area contributed by atoms with Crippen LogP contribution in [-0.4, -0.2) is 52.1 Å². The summed E-state index contributed by atoms with van der Waals surface area (Å²) in [5.41, 5.74) is 2.03. The first-order valence-corrected chi connectivity index (χ1v) is 8.98. The monoisotopic (exact) mass is 368 g/mol. The molecule has 0 spiro atoms. The van der Waals surface area contributed by atoms with Crippen LogP contribution in [0.15, 0.2) is 30.5 Å². The van der Waals surface area contributed by atoms with Crippen molar-refractivity contribution in [1.29, 1.82) is 5.26 Å². The van der Waals surface area contributed by atoms with Gasteiger partial charge < -0.3 is 10.1 Å². The summed E-state index contributed by atoms with van der Waals surface area (Å²) in [6.45, 7) is 7.81. The first-order valence-electron chi connectivity index (χ1n) is 8.98. The molecule has 1 aliphatic heterocycles. The van der Waals surface area contributed by atoms with Gasteiger partial charge >= 0.3 is 0 Å². The maximum absolute atomic E-state index is 12.2. The molecule has 2 aromatic rings. The van der Waals surface area contributed by atoms with Crippen LogP contribution in [0.3, 0.4) is 0 Å². The summed E-state index contributed by atoms with van der Waals surface area (Å²) in [6, 6.07) is 9.27. The zero-order valence-electron chi connectivity index (χ0n) is 15.7. The van der Waals surface area contributed by atoms with Crippen molar-refractivity contribution in [2.75, 3.05) is 26.3 Å². The van der Waals surface area contributed by atoms with Gasteiger partial charge in [-0.25, -0.2) is 4.68 Å². The van der Waals surface area contributed by atoms with Crippen molar-refractivity contribution in [3.05, 3.63) is 47.3 Å². The second-order valence-corrected chi connectivity index (χ2v) is 7.05. The van der Waals surface area contributed by atoms with Crippen molar-refractivity contribution in [2.24, 2.45) is 0 Å². The number of ether oxygens (including phenoxy) is 1. The van der Waals surface area contributed by atoms with E-state index in [0.29, 0.717) is 25.3 Å². The molecule has 3 rings (SSSR count). The third-order valence-electron chi connectivity index (χ3n) is 4.82. The van der Waals surface area contributed by atoms with Gasteiger partial charge in [0.15, 0.2) is 0 Å². The molecule has 0 atom stereocenters. The van der Waals surface area contributed by atoms with E-state index in [0.717, 1.165) is 24.3 Å². The molecule has 1 N–H and O–H groups in total. The van der Waals surface area contributed by atoms with Gasteiger partial charge in [0.05, 0.1) is 36.6 Å². The Morgan fingerprint density at radius 3 is 2.89 bits per heavy atom. The topological polar surface area (TPSA) is 96.1 Å². The number of benzene rings is 1. The smallest absolute Gasteiger partial charge is 0.242 e. The van der Waals surface area contributed by atoms with Gasteiger partial charge in [0, 0.05) is 19.6 Å². The van der Waals surface area contributed by atoms with Crippen molar-refractivity contribution in [3.63, 3.8) is 0 Å². The van der Waals surface area contributed by atoms with Crippen molar-refractivity contribution in [1.82, 2.24) is 25.2 Å². The van der Waals surface area contributed by atoms with Crippen LogP contribution >= 0.6 is 0 Å². The number of carbonyl (C=O) groups is 1. The maximum Gasteiger partial charge on any atom is 0.242 e. The van der Waals surface area contributed by atoms with Gasteiger partial charge in [0.25, 0.3) is 0 Å². The van der Waals surface area contributed by atoms with Gasteiger partial charge in [-0.2, -0.15) is 5.26 Å². The number of nitriles is 1. The maximum atomic E-state index is 12.2. The number of nitrogens with one attached hydrogen (secondary N) is 1. The zero-order valence-corrected chi connectivity index (χ0v) is 15.7. The van der Waals surface area contributed by atoms with Crippen LogP contribution in [0.5, 0.6) is 0 Å². The van der Waals surface area contributed by atoms with E-state index in [1.807, 2.05) is 12.3 Å². The number of amides is 1. The Morgan fingerprint density at radius 1 is 1.37 bits per heavy atom. The lowest BCUT2D eigenvalue weighted by Gasteiger charge is -2.39. The highest BCUT2D eigenvalue weighted by Crippen LogP contribution is 2.26. The third kappa shape index (κ3) is 4.70. The lowest BCUT2D eigenvalue weighted by Crippen LogP contribution is -2.48. The summed E-state index contributed by atoms with van der Waals surface area (Å²) in [6.07, 6.45) is 1.82. The standard InChI is InChI=1S/C19H24N6O2/c1-19(2,24-6-8-27-9-7-24)17-13-25(23-22-17)14-18(26)21-12-16-5-3-4-15(10-16)11-20/h3-5,10,13H,6-9,12,14H2,1-2H3,(H,21,26). The van der Waals surface area contributed by atoms with Crippen molar-refractivity contribution in [2.45, 2.75) is 32.5 Å². The molecular formula is C19H24N6O2. The largest absolute Gasteiger partial charge is 0.379 e. The van der Waals surface area contributed by atoms with E-state index in [2.05, 4.69) is 40.4 Å². The minimum absolute atomic E-state index is 0.101. The Kier molecular flexibility index (Phi) is 5.84. The van der Waals surface area contributed by atoms with Crippen LogP contribution in [0.25, 0.3) is 0 Å². The van der Waals surface area contributed by atoms with Gasteiger partial charge in [-0.15, -0.1) is 5.10 Å². The number of aromatic nitrogens is 3. The molecular weight excluding hydrogens is 344 g/mol. The number of nitrogens with zero attached hydrogens (tertiary/aromatic N) is 5. The predicted molar refractivity (Wildman–Crippen MR) is 98.4 cm³/mol. The summed E-state index contributed by atoms with van der Waals surface area (Å²) < 4.78 is 6.97. The van der Waals surface area contributed by atoms with Crippen LogP contribution in [0, 0.1) is 11.3 Å². The molecule has 0 saturated carbocycles. The summed E-state index contributed by atoms with van der Waals surface area (Å²) in [4.78, 5) is 14.5. The predicted octanol–water partition coefficient (Wildman–Crippen LogP) is 1.03. The van der Waals surface area contributed by atoms with Gasteiger partial charge in [-0.3, -0.25) is 9.69 Å². The Morgan fingerprint density at radius 2 is 2.15 bits per heavy atom. The van der Waals surface area contributed by atoms with Gasteiger partial charge in [-0.1, -0.05) is 17.3 Å². The summed E-state index contributed by atoms with van der Waals surface area (Å²) in [5, 5.41) is 20.2. The van der Waals surface area contributed by atoms with E-state index < -0.39 is 0 Å². The molecule has 1 aromatic carbocycles. The summed E-state index contributed by atoms with van der Waals surface area (Å²) >= 11 is 0. The quantitative estimate of drug-likeness (QED) is 0.818. The minimum Gasteiger partial charge on any atom is -0.379 e. The van der Waals surface area contributed by atoms with Crippen LogP contribution in [0.4, 0.5) is 0 Å². The van der Waals surface area contributed by atoms with Crippen LogP contribution < -0.4 is 5.32 Å². The molecule has 1 fully saturated rings. The van der Waals surface area contributed by atoms with E-state index in [1.54, 1.807) is 22.9 Å². The highest BCUT2D eigenvalue weighted by atomic mass is 16.5. The highest BCUT2D eigenvalue weighted by Gasteiger charge is 2.32. The molecule has 1 saturated heterocycles. The number of rotatable bonds is 6. The van der Waals surface area contributed by atoms with E-state index in [9.17, 15) is 4.79 Å². The number of hydrogen-bond donors (Lipinski definition) is 1. The molecule has 8 heteroatoms. The van der Waals surface area contributed by atoms with Crippen LogP contribution in [-0.2, 0) is 28.2 Å². The molecule has 0 aliphatic carbocycles. The first kappa shape index (κ1) is 19.0. The van der Waals surface area contributed by atoms with E-state index in [-0.39, 0.29) is 18.0 Å². The number of hydrogen-bond acceptors (Lipinski definition) is 6. The minimum atomic E-state index is -0.268. The highest BCUT2D eigenvalue weighted by molar-refractivity contribution is 5.75. The van der Waals surface area contributed by atoms with Crippen molar-refractivity contribution in [3.8, 4) is 6.07 Å². The van der Waals surface area contributed by atoms with E-state index >= 15 is 0 Å². The summed E-state index contributed by atoms with van der Waals surface area (Å²) in [7, 11) is 0. The third-order valence-corrected chi connectivity index (χ3v) is 4.82. The normalized spacial score (nSPS) is 15.3. The fourth-order valence-corrected chi connectivity index (χ4v) is 3.09. The lowest BCUT2D eigenvalue weighted by atomic mass is 9.98. The Hall–Kier alpha value is -2.76. The van der Waals surface area contributed by atoms with E-state index in [4.69, 9.17) is 10.00 Å². The molecule has 27 heavy (non-hydrogen) atoms. The Bertz CT molecular complexity index is 833. The molecule has 0 unspecified atom stereocenters. The number of carbonyl (C=O) groups excluding carboxylic acids is 1. The van der Waals surface area contributed by atoms with Crippen molar-refractivity contribution >= 4 is 5.91 Å². The SMILES string of the molecule is CC(C)(c1cn(CC(=O)NCc2cccc(C#N)c2)nn1)N1CCOCC1. The molecule has 0 bridgehead atoms. The van der Waals surface area contributed by atoms with Crippen LogP contribution in [0.2, 0.25) is 0 Å². The second kappa shape index (κ2) is 8.29. The lowest BCUT2D eigenvalue weighted by molar-refractivity contribution is -0.122. The molecule has 1 aliphatic rings. The zero-order chi connectivity index (χ0) is 19.3. The Labute approximate surface area is 158 Å². The molecule has 1 amide bonds. The van der Waals surface area contributed by atoms with Gasteiger partial charge in [0.2, 0.25) is 5.91 Å². The van der Waals surface area contributed by atoms with Gasteiger partial charge in [-0.05, 0) is 31.5 Å². The molecule has 1 aromatic heterocycles. The average Bonchev–Trinajstić information content (AvgIpc) is 3.16. The molecule has 8 nitrogen and oxygen atoms in total. The van der Waals surface area contributed by atoms with E-state index in [1.165, 1.54) is 0 Å². The molecule has 0 radical (unpaired) electrons. The fourth-order valence-electron chi connectivity index (χ4n) is 3.09. The summed E-state index contributed by atoms with van der Waals surface area (Å²) in [5.74, 6) is -0.155. The average molecular weight is 368 g/mol. The molecule has 2 heterocycles. The van der Waals surface area contributed by atoms with Gasteiger partial charge in [0.1, 0.15) is 12.2 Å². The Balaban J connectivity index is 1.56. The second-order valence-electron chi connectivity index (χ2n) is 7.05. The van der Waals surface area contributed by atoms with Crippen LogP contribution in [0.1, 0.15) is 30.7 Å². The fraction of sp³-hybridized carbons (Fsp3) is 0.474. The molecule has 142 valence electrons.